The van der Waals surface area contributed by atoms with Crippen molar-refractivity contribution in [1.82, 2.24) is 19.7 Å². The van der Waals surface area contributed by atoms with Crippen molar-refractivity contribution < 1.29 is 4.79 Å². The lowest BCUT2D eigenvalue weighted by atomic mass is 10.2. The van der Waals surface area contributed by atoms with Gasteiger partial charge in [0.1, 0.15) is 6.33 Å². The minimum atomic E-state index is -0.256. The monoisotopic (exact) mass is 382 g/mol. The molecule has 1 aromatic carbocycles. The summed E-state index contributed by atoms with van der Waals surface area (Å²) in [6, 6.07) is 8.21. The van der Waals surface area contributed by atoms with E-state index in [9.17, 15) is 4.79 Å². The molecule has 27 heavy (non-hydrogen) atoms. The number of fused-ring (bicyclic) bond motifs is 1. The zero-order valence-corrected chi connectivity index (χ0v) is 15.9. The Bertz CT molecular complexity index is 954. The lowest BCUT2D eigenvalue weighted by Gasteiger charge is -2.10. The Labute approximate surface area is 161 Å². The van der Waals surface area contributed by atoms with E-state index in [1.54, 1.807) is 18.0 Å². The lowest BCUT2D eigenvalue weighted by Crippen LogP contribution is -2.17. The molecule has 1 amide bonds. The maximum absolute atomic E-state index is 12.9. The number of nitrogens with zero attached hydrogens (tertiary/aromatic N) is 4. The predicted octanol–water partition coefficient (Wildman–Crippen LogP) is 2.99. The minimum absolute atomic E-state index is 0.171. The summed E-state index contributed by atoms with van der Waals surface area (Å²) in [5, 5.41) is 8.18. The molecule has 0 saturated heterocycles. The van der Waals surface area contributed by atoms with Gasteiger partial charge >= 0.3 is 0 Å². The number of nitrogens with one attached hydrogen (secondary N) is 1. The molecule has 140 valence electrons. The van der Waals surface area contributed by atoms with E-state index < -0.39 is 0 Å². The van der Waals surface area contributed by atoms with Crippen LogP contribution < -0.4 is 11.1 Å². The van der Waals surface area contributed by atoms with Crippen molar-refractivity contribution in [2.45, 2.75) is 37.1 Å². The Morgan fingerprint density at radius 2 is 2.15 bits per heavy atom. The van der Waals surface area contributed by atoms with Gasteiger partial charge in [0.15, 0.2) is 11.3 Å². The van der Waals surface area contributed by atoms with Crippen LogP contribution in [0.5, 0.6) is 0 Å². The van der Waals surface area contributed by atoms with Crippen LogP contribution in [0.4, 0.5) is 5.69 Å². The second kappa shape index (κ2) is 7.66. The van der Waals surface area contributed by atoms with Gasteiger partial charge in [-0.1, -0.05) is 12.1 Å². The van der Waals surface area contributed by atoms with E-state index in [1.807, 2.05) is 28.9 Å². The number of benzene rings is 1. The number of hydrogen-bond donors (Lipinski definition) is 2. The first kappa shape index (κ1) is 17.9. The average Bonchev–Trinajstić information content (AvgIpc) is 3.27. The zero-order chi connectivity index (χ0) is 18.8. The summed E-state index contributed by atoms with van der Waals surface area (Å²) in [6.45, 7) is 0. The molecule has 0 spiro atoms. The van der Waals surface area contributed by atoms with E-state index in [4.69, 9.17) is 5.73 Å². The molecule has 1 saturated carbocycles. The highest BCUT2D eigenvalue weighted by Crippen LogP contribution is 2.31. The summed E-state index contributed by atoms with van der Waals surface area (Å²) in [5.74, 6) is 0.692. The SMILES string of the molecule is CSCc1ccc(NC(=O)c2nn(C3CCC(N)C3)c3ncncc23)cc1. The van der Waals surface area contributed by atoms with E-state index >= 15 is 0 Å². The molecule has 2 heterocycles. The van der Waals surface area contributed by atoms with Gasteiger partial charge in [0.25, 0.3) is 5.91 Å². The van der Waals surface area contributed by atoms with Crippen LogP contribution in [0.1, 0.15) is 41.4 Å². The van der Waals surface area contributed by atoms with Crippen molar-refractivity contribution in [2.75, 3.05) is 11.6 Å². The largest absolute Gasteiger partial charge is 0.328 e. The van der Waals surface area contributed by atoms with E-state index in [2.05, 4.69) is 26.6 Å². The van der Waals surface area contributed by atoms with Crippen LogP contribution in [0.2, 0.25) is 0 Å². The highest BCUT2D eigenvalue weighted by molar-refractivity contribution is 7.97. The molecule has 2 atom stereocenters. The fourth-order valence-corrected chi connectivity index (χ4v) is 4.08. The molecule has 1 aliphatic rings. The van der Waals surface area contributed by atoms with Gasteiger partial charge in [0.05, 0.1) is 11.4 Å². The predicted molar refractivity (Wildman–Crippen MR) is 108 cm³/mol. The normalized spacial score (nSPS) is 19.5. The molecule has 7 nitrogen and oxygen atoms in total. The summed E-state index contributed by atoms with van der Waals surface area (Å²) in [4.78, 5) is 21.3. The smallest absolute Gasteiger partial charge is 0.276 e. The third-order valence-corrected chi connectivity index (χ3v) is 5.52. The van der Waals surface area contributed by atoms with Crippen molar-refractivity contribution in [1.29, 1.82) is 0 Å². The fourth-order valence-electron chi connectivity index (χ4n) is 3.56. The third kappa shape index (κ3) is 3.68. The van der Waals surface area contributed by atoms with Crippen molar-refractivity contribution in [3.8, 4) is 0 Å². The molecule has 8 heteroatoms. The van der Waals surface area contributed by atoms with E-state index in [0.717, 1.165) is 30.7 Å². The number of carbonyl (C=O) groups excluding carboxylic acids is 1. The molecule has 3 aromatic rings. The van der Waals surface area contributed by atoms with Gasteiger partial charge in [-0.25, -0.2) is 14.6 Å². The van der Waals surface area contributed by atoms with Gasteiger partial charge in [-0.15, -0.1) is 0 Å². The summed E-state index contributed by atoms with van der Waals surface area (Å²) in [7, 11) is 0. The quantitative estimate of drug-likeness (QED) is 0.704. The highest BCUT2D eigenvalue weighted by atomic mass is 32.2. The Kier molecular flexibility index (Phi) is 5.09. The average molecular weight is 382 g/mol. The van der Waals surface area contributed by atoms with E-state index in [0.29, 0.717) is 16.7 Å². The lowest BCUT2D eigenvalue weighted by molar-refractivity contribution is 0.102. The third-order valence-electron chi connectivity index (χ3n) is 4.90. The molecule has 3 N–H and O–H groups in total. The molecule has 1 aliphatic carbocycles. The van der Waals surface area contributed by atoms with E-state index in [1.165, 1.54) is 11.9 Å². The molecule has 2 aromatic heterocycles. The summed E-state index contributed by atoms with van der Waals surface area (Å²) >= 11 is 1.76. The zero-order valence-electron chi connectivity index (χ0n) is 15.1. The molecule has 2 unspecified atom stereocenters. The second-order valence-corrected chi connectivity index (χ2v) is 7.73. The number of carbonyl (C=O) groups is 1. The number of hydrogen-bond acceptors (Lipinski definition) is 6. The number of nitrogens with two attached hydrogens (primary N) is 1. The van der Waals surface area contributed by atoms with Gasteiger partial charge in [-0.3, -0.25) is 4.79 Å². The molecular formula is C19H22N6OS. The van der Waals surface area contributed by atoms with Crippen LogP contribution in [-0.2, 0) is 5.75 Å². The number of rotatable bonds is 5. The maximum Gasteiger partial charge on any atom is 0.276 e. The summed E-state index contributed by atoms with van der Waals surface area (Å²) < 4.78 is 1.85. The number of amides is 1. The van der Waals surface area contributed by atoms with Crippen LogP contribution in [0.25, 0.3) is 11.0 Å². The first-order valence-electron chi connectivity index (χ1n) is 8.98. The molecule has 0 aliphatic heterocycles. The van der Waals surface area contributed by atoms with Crippen LogP contribution >= 0.6 is 11.8 Å². The van der Waals surface area contributed by atoms with Crippen molar-refractivity contribution in [2.24, 2.45) is 5.73 Å². The molecule has 0 bridgehead atoms. The van der Waals surface area contributed by atoms with Gasteiger partial charge in [0.2, 0.25) is 0 Å². The van der Waals surface area contributed by atoms with Crippen LogP contribution in [0.15, 0.2) is 36.8 Å². The topological polar surface area (TPSA) is 98.7 Å². The fraction of sp³-hybridized carbons (Fsp3) is 0.368. The van der Waals surface area contributed by atoms with Gasteiger partial charge < -0.3 is 11.1 Å². The van der Waals surface area contributed by atoms with Crippen molar-refractivity contribution >= 4 is 34.4 Å². The number of anilines is 1. The maximum atomic E-state index is 12.9. The Morgan fingerprint density at radius 3 is 2.85 bits per heavy atom. The van der Waals surface area contributed by atoms with Crippen LogP contribution in [0.3, 0.4) is 0 Å². The summed E-state index contributed by atoms with van der Waals surface area (Å²) in [6.07, 6.45) is 7.95. The Morgan fingerprint density at radius 1 is 1.33 bits per heavy atom. The highest BCUT2D eigenvalue weighted by Gasteiger charge is 2.28. The van der Waals surface area contributed by atoms with Gasteiger partial charge in [0, 0.05) is 23.7 Å². The van der Waals surface area contributed by atoms with Gasteiger partial charge in [-0.2, -0.15) is 16.9 Å². The number of aromatic nitrogens is 4. The second-order valence-electron chi connectivity index (χ2n) is 6.86. The van der Waals surface area contributed by atoms with Gasteiger partial charge in [-0.05, 0) is 43.2 Å². The Balaban J connectivity index is 1.62. The number of thioether (sulfide) groups is 1. The first-order valence-corrected chi connectivity index (χ1v) is 10.4. The molecule has 1 fully saturated rings. The standard InChI is InChI=1S/C19H22N6OS/c1-27-10-12-2-5-14(6-3-12)23-19(26)17-16-9-21-11-22-18(16)25(24-17)15-7-4-13(20)8-15/h2-3,5-6,9,11,13,15H,4,7-8,10,20H2,1H3,(H,23,26). The molecular weight excluding hydrogens is 360 g/mol. The van der Waals surface area contributed by atoms with Crippen LogP contribution in [0, 0.1) is 0 Å². The van der Waals surface area contributed by atoms with Crippen LogP contribution in [-0.4, -0.2) is 38.0 Å². The van der Waals surface area contributed by atoms with E-state index in [-0.39, 0.29) is 18.0 Å². The minimum Gasteiger partial charge on any atom is -0.328 e. The Hall–Kier alpha value is -2.45. The van der Waals surface area contributed by atoms with Crippen molar-refractivity contribution in [3.63, 3.8) is 0 Å². The summed E-state index contributed by atoms with van der Waals surface area (Å²) in [5.41, 5.74) is 9.05. The van der Waals surface area contributed by atoms with Crippen molar-refractivity contribution in [3.05, 3.63) is 48.0 Å². The first-order chi connectivity index (χ1) is 13.2. The molecule has 4 rings (SSSR count). The molecule has 0 radical (unpaired) electrons.